The summed E-state index contributed by atoms with van der Waals surface area (Å²) in [6.07, 6.45) is 4.56. The average Bonchev–Trinajstić information content (AvgIpc) is 2.93. The van der Waals surface area contributed by atoms with Gasteiger partial charge in [0, 0.05) is 19.1 Å². The Morgan fingerprint density at radius 3 is 3.05 bits per heavy atom. The summed E-state index contributed by atoms with van der Waals surface area (Å²) in [5.41, 5.74) is 5.87. The minimum Gasteiger partial charge on any atom is -0.378 e. The van der Waals surface area contributed by atoms with Crippen LogP contribution in [-0.2, 0) is 9.53 Å². The van der Waals surface area contributed by atoms with E-state index in [4.69, 9.17) is 10.5 Å². The van der Waals surface area contributed by atoms with Crippen LogP contribution in [0.2, 0.25) is 0 Å². The molecule has 0 aromatic rings. The van der Waals surface area contributed by atoms with Gasteiger partial charge >= 0.3 is 0 Å². The summed E-state index contributed by atoms with van der Waals surface area (Å²) >= 11 is 0. The third kappa shape index (κ3) is 3.46. The first-order valence-electron chi connectivity index (χ1n) is 7.59. The zero-order valence-corrected chi connectivity index (χ0v) is 11.9. The number of nitrogens with two attached hydrogens (primary N) is 1. The summed E-state index contributed by atoms with van der Waals surface area (Å²) < 4.78 is 5.51. The molecule has 5 heteroatoms. The number of amides is 1. The number of nitrogens with zero attached hydrogens (tertiary/aromatic N) is 1. The normalized spacial score (nSPS) is 32.4. The van der Waals surface area contributed by atoms with Crippen LogP contribution < -0.4 is 11.1 Å². The first-order chi connectivity index (χ1) is 9.27. The second kappa shape index (κ2) is 7.22. The van der Waals surface area contributed by atoms with Crippen LogP contribution in [0.5, 0.6) is 0 Å². The minimum atomic E-state index is -0.127. The van der Waals surface area contributed by atoms with E-state index in [1.165, 1.54) is 19.3 Å². The highest BCUT2D eigenvalue weighted by molar-refractivity contribution is 5.82. The van der Waals surface area contributed by atoms with Gasteiger partial charge in [0.05, 0.1) is 13.2 Å². The molecule has 1 heterocycles. The molecule has 0 aromatic heterocycles. The molecule has 110 valence electrons. The van der Waals surface area contributed by atoms with Gasteiger partial charge in [-0.25, -0.2) is 0 Å². The third-order valence-electron chi connectivity index (χ3n) is 4.37. The Bertz CT molecular complexity index is 298. The fraction of sp³-hybridized carbons (Fsp3) is 0.929. The molecule has 3 atom stereocenters. The number of hydrogen-bond donors (Lipinski definition) is 2. The maximum Gasteiger partial charge on any atom is 0.239 e. The van der Waals surface area contributed by atoms with Crippen molar-refractivity contribution in [3.05, 3.63) is 0 Å². The van der Waals surface area contributed by atoms with Gasteiger partial charge in [0.2, 0.25) is 5.91 Å². The number of carbonyl (C=O) groups excluding carboxylic acids is 1. The van der Waals surface area contributed by atoms with Crippen LogP contribution in [0.15, 0.2) is 0 Å². The number of nitrogens with one attached hydrogen (secondary N) is 1. The molecule has 0 radical (unpaired) electrons. The molecule has 5 nitrogen and oxygen atoms in total. The zero-order valence-electron chi connectivity index (χ0n) is 11.9. The fourth-order valence-electron chi connectivity index (χ4n) is 3.33. The molecule has 1 amide bonds. The highest BCUT2D eigenvalue weighted by Gasteiger charge is 2.39. The Balaban J connectivity index is 2.00. The van der Waals surface area contributed by atoms with Gasteiger partial charge in [0.25, 0.3) is 0 Å². The first-order valence-corrected chi connectivity index (χ1v) is 7.59. The number of hydrogen-bond acceptors (Lipinski definition) is 4. The quantitative estimate of drug-likeness (QED) is 0.755. The molecule has 1 saturated carbocycles. The van der Waals surface area contributed by atoms with Crippen molar-refractivity contribution >= 4 is 5.91 Å². The van der Waals surface area contributed by atoms with Gasteiger partial charge in [0.15, 0.2) is 0 Å². The summed E-state index contributed by atoms with van der Waals surface area (Å²) in [5.74, 6) is 0.656. The van der Waals surface area contributed by atoms with Crippen molar-refractivity contribution in [3.63, 3.8) is 0 Å². The van der Waals surface area contributed by atoms with E-state index in [0.717, 1.165) is 32.7 Å². The van der Waals surface area contributed by atoms with Crippen LogP contribution in [-0.4, -0.2) is 55.7 Å². The monoisotopic (exact) mass is 269 g/mol. The lowest BCUT2D eigenvalue weighted by Crippen LogP contribution is -2.58. The molecule has 3 unspecified atom stereocenters. The Hall–Kier alpha value is -0.650. The van der Waals surface area contributed by atoms with Crippen molar-refractivity contribution in [2.24, 2.45) is 11.7 Å². The summed E-state index contributed by atoms with van der Waals surface area (Å²) in [6.45, 7) is 5.64. The molecular formula is C14H27N3O2. The van der Waals surface area contributed by atoms with E-state index in [1.807, 2.05) is 0 Å². The Kier molecular flexibility index (Phi) is 5.60. The molecule has 0 spiro atoms. The second-order valence-electron chi connectivity index (χ2n) is 5.61. The lowest BCUT2D eigenvalue weighted by Gasteiger charge is -2.40. The van der Waals surface area contributed by atoms with Gasteiger partial charge in [-0.15, -0.1) is 0 Å². The molecule has 1 aliphatic heterocycles. The number of rotatable bonds is 5. The molecule has 1 aliphatic carbocycles. The summed E-state index contributed by atoms with van der Waals surface area (Å²) in [4.78, 5) is 14.6. The van der Waals surface area contributed by atoms with Crippen LogP contribution in [0.4, 0.5) is 0 Å². The third-order valence-corrected chi connectivity index (χ3v) is 4.37. The van der Waals surface area contributed by atoms with E-state index in [2.05, 4.69) is 17.1 Å². The molecule has 19 heavy (non-hydrogen) atoms. The maximum atomic E-state index is 12.3. The Morgan fingerprint density at radius 1 is 1.47 bits per heavy atom. The van der Waals surface area contributed by atoms with Crippen molar-refractivity contribution in [3.8, 4) is 0 Å². The minimum absolute atomic E-state index is 0.115. The topological polar surface area (TPSA) is 67.6 Å². The first kappa shape index (κ1) is 14.8. The lowest BCUT2D eigenvalue weighted by atomic mass is 9.99. The van der Waals surface area contributed by atoms with Gasteiger partial charge in [-0.1, -0.05) is 13.3 Å². The average molecular weight is 269 g/mol. The Labute approximate surface area is 115 Å². The summed E-state index contributed by atoms with van der Waals surface area (Å²) in [5, 5.41) is 3.00. The fourth-order valence-corrected chi connectivity index (χ4v) is 3.33. The van der Waals surface area contributed by atoms with Gasteiger partial charge in [-0.3, -0.25) is 9.69 Å². The molecule has 2 rings (SSSR count). The summed E-state index contributed by atoms with van der Waals surface area (Å²) in [7, 11) is 0. The largest absolute Gasteiger partial charge is 0.378 e. The molecular weight excluding hydrogens is 242 g/mol. The maximum absolute atomic E-state index is 12.3. The van der Waals surface area contributed by atoms with Crippen molar-refractivity contribution in [2.45, 2.75) is 44.7 Å². The van der Waals surface area contributed by atoms with Crippen LogP contribution in [0.1, 0.15) is 32.6 Å². The van der Waals surface area contributed by atoms with Crippen LogP contribution >= 0.6 is 0 Å². The van der Waals surface area contributed by atoms with Crippen molar-refractivity contribution in [1.82, 2.24) is 10.2 Å². The van der Waals surface area contributed by atoms with E-state index in [1.54, 1.807) is 0 Å². The molecule has 2 aliphatic rings. The Morgan fingerprint density at radius 2 is 2.32 bits per heavy atom. The smallest absolute Gasteiger partial charge is 0.239 e. The zero-order chi connectivity index (χ0) is 13.7. The van der Waals surface area contributed by atoms with Crippen molar-refractivity contribution in [2.75, 3.05) is 32.8 Å². The second-order valence-corrected chi connectivity index (χ2v) is 5.61. The number of carbonyl (C=O) groups is 1. The molecule has 3 N–H and O–H groups in total. The van der Waals surface area contributed by atoms with Crippen LogP contribution in [0.3, 0.4) is 0 Å². The highest BCUT2D eigenvalue weighted by Crippen LogP contribution is 2.31. The number of morpholine rings is 1. The van der Waals surface area contributed by atoms with Crippen molar-refractivity contribution in [1.29, 1.82) is 0 Å². The SMILES string of the molecule is CCCNC(=O)C1COCCN1C1CCCC1CN. The van der Waals surface area contributed by atoms with Gasteiger partial charge in [-0.2, -0.15) is 0 Å². The van der Waals surface area contributed by atoms with Gasteiger partial charge < -0.3 is 15.8 Å². The summed E-state index contributed by atoms with van der Waals surface area (Å²) in [6, 6.07) is 0.337. The van der Waals surface area contributed by atoms with Gasteiger partial charge in [0.1, 0.15) is 6.04 Å². The van der Waals surface area contributed by atoms with E-state index in [9.17, 15) is 4.79 Å². The molecule has 2 fully saturated rings. The lowest BCUT2D eigenvalue weighted by molar-refractivity contribution is -0.135. The van der Waals surface area contributed by atoms with Gasteiger partial charge in [-0.05, 0) is 31.7 Å². The van der Waals surface area contributed by atoms with E-state index < -0.39 is 0 Å². The van der Waals surface area contributed by atoms with E-state index in [0.29, 0.717) is 18.6 Å². The predicted molar refractivity (Wildman–Crippen MR) is 74.8 cm³/mol. The van der Waals surface area contributed by atoms with Crippen molar-refractivity contribution < 1.29 is 9.53 Å². The molecule has 0 aromatic carbocycles. The van der Waals surface area contributed by atoms with E-state index >= 15 is 0 Å². The van der Waals surface area contributed by atoms with Crippen LogP contribution in [0, 0.1) is 5.92 Å². The van der Waals surface area contributed by atoms with E-state index in [-0.39, 0.29) is 11.9 Å². The van der Waals surface area contributed by atoms with Crippen LogP contribution in [0.25, 0.3) is 0 Å². The molecule has 0 bridgehead atoms. The molecule has 1 saturated heterocycles. The predicted octanol–water partition coefficient (Wildman–Crippen LogP) is 0.341. The highest BCUT2D eigenvalue weighted by atomic mass is 16.5. The number of ether oxygens (including phenoxy) is 1. The standard InChI is InChI=1S/C14H27N3O2/c1-2-6-16-14(18)13-10-19-8-7-17(13)12-5-3-4-11(12)9-15/h11-13H,2-10,15H2,1H3,(H,16,18).